The van der Waals surface area contributed by atoms with Crippen molar-refractivity contribution >= 4 is 34.1 Å². The molecule has 6 heteroatoms. The van der Waals surface area contributed by atoms with Crippen molar-refractivity contribution in [3.8, 4) is 11.1 Å². The molecule has 34 heavy (non-hydrogen) atoms. The molecule has 1 aromatic heterocycles. The third kappa shape index (κ3) is 4.32. The maximum absolute atomic E-state index is 13.5. The van der Waals surface area contributed by atoms with Crippen molar-refractivity contribution in [3.63, 3.8) is 0 Å². The molecule has 0 bridgehead atoms. The fourth-order valence-corrected chi connectivity index (χ4v) is 5.29. The maximum Gasteiger partial charge on any atom is 0.123 e. The zero-order chi connectivity index (χ0) is 24.0. The Labute approximate surface area is 209 Å². The highest BCUT2D eigenvalue weighted by molar-refractivity contribution is 6.42. The number of ether oxygens (including phenoxy) is 1. The summed E-state index contributed by atoms with van der Waals surface area (Å²) in [7, 11) is 4.14. The number of halogens is 3. The maximum atomic E-state index is 13.5. The van der Waals surface area contributed by atoms with Gasteiger partial charge in [-0.2, -0.15) is 0 Å². The van der Waals surface area contributed by atoms with Gasteiger partial charge < -0.3 is 9.64 Å². The number of likely N-dealkylation sites (N-methyl/N-ethyl adjacent to an activating group) is 1. The topological polar surface area (TPSA) is 25.4 Å². The van der Waals surface area contributed by atoms with Crippen LogP contribution >= 0.6 is 23.2 Å². The number of rotatable bonds is 5. The predicted octanol–water partition coefficient (Wildman–Crippen LogP) is 7.65. The van der Waals surface area contributed by atoms with Gasteiger partial charge in [0.25, 0.3) is 0 Å². The van der Waals surface area contributed by atoms with Gasteiger partial charge in [-0.3, -0.25) is 4.98 Å². The van der Waals surface area contributed by atoms with Crippen LogP contribution in [0.25, 0.3) is 22.0 Å². The highest BCUT2D eigenvalue weighted by Gasteiger charge is 2.36. The number of pyridine rings is 1. The van der Waals surface area contributed by atoms with Crippen LogP contribution in [0.15, 0.2) is 66.9 Å². The summed E-state index contributed by atoms with van der Waals surface area (Å²) in [5.74, 6) is -0.0617. The number of fused-ring (bicyclic) bond motifs is 2. The summed E-state index contributed by atoms with van der Waals surface area (Å²) in [6, 6.07) is 19.1. The third-order valence-corrected chi connectivity index (χ3v) is 7.46. The summed E-state index contributed by atoms with van der Waals surface area (Å²) in [5, 5.41) is 1.96. The first-order valence-electron chi connectivity index (χ1n) is 11.2. The second kappa shape index (κ2) is 9.27. The van der Waals surface area contributed by atoms with Gasteiger partial charge >= 0.3 is 0 Å². The van der Waals surface area contributed by atoms with Crippen molar-refractivity contribution in [3.05, 3.63) is 99.4 Å². The van der Waals surface area contributed by atoms with Crippen LogP contribution in [0, 0.1) is 5.82 Å². The van der Waals surface area contributed by atoms with Crippen LogP contribution in [-0.2, 0) is 11.3 Å². The third-order valence-electron chi connectivity index (χ3n) is 6.74. The molecule has 1 aliphatic heterocycles. The quantitative estimate of drug-likeness (QED) is 0.284. The van der Waals surface area contributed by atoms with E-state index in [4.69, 9.17) is 27.9 Å². The van der Waals surface area contributed by atoms with E-state index >= 15 is 0 Å². The first-order chi connectivity index (χ1) is 16.3. The number of hydrogen-bond donors (Lipinski definition) is 0. The summed E-state index contributed by atoms with van der Waals surface area (Å²) < 4.78 is 19.8. The molecule has 3 atom stereocenters. The molecule has 1 aliphatic rings. The van der Waals surface area contributed by atoms with Crippen LogP contribution in [0.1, 0.15) is 35.6 Å². The Hall–Kier alpha value is -2.50. The molecule has 3 nitrogen and oxygen atoms in total. The van der Waals surface area contributed by atoms with Crippen LogP contribution in [0.5, 0.6) is 0 Å². The normalized spacial score (nSPS) is 17.2. The van der Waals surface area contributed by atoms with E-state index in [0.29, 0.717) is 16.7 Å². The van der Waals surface area contributed by atoms with E-state index in [1.165, 1.54) is 23.3 Å². The Bertz CT molecular complexity index is 1360. The number of aromatic nitrogens is 1. The van der Waals surface area contributed by atoms with Gasteiger partial charge in [0, 0.05) is 23.2 Å². The minimum absolute atomic E-state index is 0.0743. The summed E-state index contributed by atoms with van der Waals surface area (Å²) in [6.45, 7) is 2.72. The van der Waals surface area contributed by atoms with Gasteiger partial charge in [-0.05, 0) is 78.7 Å². The molecule has 0 N–H and O–H groups in total. The number of benzene rings is 3. The molecular formula is C28H25Cl2FN2O. The monoisotopic (exact) mass is 494 g/mol. The van der Waals surface area contributed by atoms with E-state index < -0.39 is 0 Å². The van der Waals surface area contributed by atoms with Crippen molar-refractivity contribution < 1.29 is 9.13 Å². The molecule has 0 amide bonds. The van der Waals surface area contributed by atoms with Crippen LogP contribution < -0.4 is 0 Å². The van der Waals surface area contributed by atoms with Crippen LogP contribution in [0.4, 0.5) is 4.39 Å². The first kappa shape index (κ1) is 23.3. The average molecular weight is 495 g/mol. The average Bonchev–Trinajstić information content (AvgIpc) is 3.22. The molecule has 0 spiro atoms. The van der Waals surface area contributed by atoms with E-state index in [1.807, 2.05) is 24.4 Å². The first-order valence-corrected chi connectivity index (χ1v) is 12.0. The Morgan fingerprint density at radius 1 is 0.971 bits per heavy atom. The van der Waals surface area contributed by atoms with E-state index in [-0.39, 0.29) is 23.9 Å². The van der Waals surface area contributed by atoms with Gasteiger partial charge in [0.2, 0.25) is 0 Å². The molecule has 3 unspecified atom stereocenters. The molecular weight excluding hydrogens is 470 g/mol. The lowest BCUT2D eigenvalue weighted by Crippen LogP contribution is -2.38. The summed E-state index contributed by atoms with van der Waals surface area (Å²) in [4.78, 5) is 6.77. The van der Waals surface area contributed by atoms with Gasteiger partial charge in [-0.1, -0.05) is 54.4 Å². The number of nitrogens with zero attached hydrogens (tertiary/aromatic N) is 2. The smallest absolute Gasteiger partial charge is 0.123 e. The van der Waals surface area contributed by atoms with E-state index in [1.54, 1.807) is 6.07 Å². The molecule has 0 saturated heterocycles. The molecule has 0 radical (unpaired) electrons. The highest BCUT2D eigenvalue weighted by Crippen LogP contribution is 2.41. The summed E-state index contributed by atoms with van der Waals surface area (Å²) >= 11 is 12.3. The van der Waals surface area contributed by atoms with Gasteiger partial charge in [0.05, 0.1) is 28.3 Å². The zero-order valence-electron chi connectivity index (χ0n) is 19.2. The minimum Gasteiger partial charge on any atom is -0.367 e. The Morgan fingerprint density at radius 3 is 2.44 bits per heavy atom. The fraction of sp³-hybridized carbons (Fsp3) is 0.250. The SMILES string of the molecule is CC(c1ccc(F)cc1)C(C1OCc2cc(-c3cnc4cc(Cl)c(Cl)cc4c3)ccc21)N(C)C. The second-order valence-electron chi connectivity index (χ2n) is 9.12. The Kier molecular flexibility index (Phi) is 6.34. The summed E-state index contributed by atoms with van der Waals surface area (Å²) in [6.07, 6.45) is 1.79. The van der Waals surface area contributed by atoms with Crippen LogP contribution in [0.3, 0.4) is 0 Å². The molecule has 174 valence electrons. The van der Waals surface area contributed by atoms with Gasteiger partial charge in [-0.25, -0.2) is 4.39 Å². The van der Waals surface area contributed by atoms with Gasteiger partial charge in [-0.15, -0.1) is 0 Å². The molecule has 0 fully saturated rings. The van der Waals surface area contributed by atoms with Gasteiger partial charge in [0.15, 0.2) is 0 Å². The van der Waals surface area contributed by atoms with Crippen LogP contribution in [0.2, 0.25) is 10.0 Å². The fourth-order valence-electron chi connectivity index (χ4n) is 4.96. The minimum atomic E-state index is -0.221. The van der Waals surface area contributed by atoms with Crippen molar-refractivity contribution in [1.29, 1.82) is 0 Å². The molecule has 0 saturated carbocycles. The Balaban J connectivity index is 1.47. The van der Waals surface area contributed by atoms with E-state index in [2.05, 4.69) is 55.2 Å². The van der Waals surface area contributed by atoms with E-state index in [9.17, 15) is 4.39 Å². The van der Waals surface area contributed by atoms with E-state index in [0.717, 1.165) is 27.6 Å². The predicted molar refractivity (Wildman–Crippen MR) is 137 cm³/mol. The second-order valence-corrected chi connectivity index (χ2v) is 9.94. The Morgan fingerprint density at radius 2 is 1.71 bits per heavy atom. The lowest BCUT2D eigenvalue weighted by Gasteiger charge is -2.35. The largest absolute Gasteiger partial charge is 0.367 e. The molecule has 2 heterocycles. The lowest BCUT2D eigenvalue weighted by molar-refractivity contribution is -0.0000190. The summed E-state index contributed by atoms with van der Waals surface area (Å²) in [5.41, 5.74) is 6.37. The molecule has 3 aromatic carbocycles. The van der Waals surface area contributed by atoms with Crippen molar-refractivity contribution in [2.75, 3.05) is 14.1 Å². The zero-order valence-corrected chi connectivity index (χ0v) is 20.7. The van der Waals surface area contributed by atoms with Crippen LogP contribution in [-0.4, -0.2) is 30.0 Å². The van der Waals surface area contributed by atoms with Crippen molar-refractivity contribution in [1.82, 2.24) is 9.88 Å². The van der Waals surface area contributed by atoms with Crippen molar-refractivity contribution in [2.24, 2.45) is 0 Å². The number of hydrogen-bond acceptors (Lipinski definition) is 3. The molecule has 0 aliphatic carbocycles. The van der Waals surface area contributed by atoms with Crippen molar-refractivity contribution in [2.45, 2.75) is 31.6 Å². The standard InChI is InChI=1S/C28H25Cl2FN2O/c1-16(17-4-7-22(31)8-5-17)27(33(2)3)28-23-9-6-18(10-21(23)15-34-28)20-11-19-12-24(29)25(30)13-26(19)32-14-20/h4-14,16,27-28H,15H2,1-3H3. The van der Waals surface area contributed by atoms with Gasteiger partial charge in [0.1, 0.15) is 5.82 Å². The highest BCUT2D eigenvalue weighted by atomic mass is 35.5. The molecule has 5 rings (SSSR count). The molecule has 4 aromatic rings. The lowest BCUT2D eigenvalue weighted by atomic mass is 9.85.